The summed E-state index contributed by atoms with van der Waals surface area (Å²) in [6, 6.07) is 5.38. The van der Waals surface area contributed by atoms with Crippen LogP contribution in [0, 0.1) is 5.41 Å². The number of carboxylic acid groups (broad SMARTS) is 1. The minimum absolute atomic E-state index is 0.348. The van der Waals surface area contributed by atoms with Crippen LogP contribution in [0.4, 0.5) is 5.69 Å². The topological polar surface area (TPSA) is 40.5 Å². The van der Waals surface area contributed by atoms with Crippen molar-refractivity contribution in [2.24, 2.45) is 5.41 Å². The van der Waals surface area contributed by atoms with E-state index in [9.17, 15) is 4.79 Å². The molecule has 3 rings (SSSR count). The minimum Gasteiger partial charge on any atom is -0.478 e. The average Bonchev–Trinajstić information content (AvgIpc) is 2.93. The fourth-order valence-corrected chi connectivity index (χ4v) is 2.80. The lowest BCUT2D eigenvalue weighted by atomic mass is 9.96. The quantitative estimate of drug-likeness (QED) is 0.906. The van der Waals surface area contributed by atoms with E-state index in [0.717, 1.165) is 23.2 Å². The first-order valence-electron chi connectivity index (χ1n) is 5.37. The Kier molecular flexibility index (Phi) is 2.05. The molecule has 0 unspecified atom stereocenters. The number of hydrogen-bond acceptors (Lipinski definition) is 2. The van der Waals surface area contributed by atoms with Crippen molar-refractivity contribution in [3.63, 3.8) is 0 Å². The van der Waals surface area contributed by atoms with Crippen LogP contribution in [0.3, 0.4) is 0 Å². The fraction of sp³-hybridized carbons (Fsp3) is 0.417. The number of rotatable bonds is 2. The van der Waals surface area contributed by atoms with Crippen molar-refractivity contribution in [2.45, 2.75) is 12.8 Å². The first-order chi connectivity index (χ1) is 7.58. The maximum absolute atomic E-state index is 10.9. The molecule has 1 saturated carbocycles. The summed E-state index contributed by atoms with van der Waals surface area (Å²) in [7, 11) is 0. The highest BCUT2D eigenvalue weighted by Gasteiger charge is 2.52. The van der Waals surface area contributed by atoms with E-state index in [-0.39, 0.29) is 0 Å². The minimum atomic E-state index is -0.871. The normalized spacial score (nSPS) is 20.7. The van der Waals surface area contributed by atoms with Crippen molar-refractivity contribution < 1.29 is 9.90 Å². The van der Waals surface area contributed by atoms with Crippen LogP contribution in [0.2, 0.25) is 0 Å². The van der Waals surface area contributed by atoms with E-state index in [0.29, 0.717) is 11.0 Å². The van der Waals surface area contributed by atoms with Gasteiger partial charge in [-0.15, -0.1) is 0 Å². The summed E-state index contributed by atoms with van der Waals surface area (Å²) < 4.78 is 0.833. The average molecular weight is 282 g/mol. The first kappa shape index (κ1) is 10.1. The fourth-order valence-electron chi connectivity index (χ4n) is 2.32. The van der Waals surface area contributed by atoms with E-state index in [1.807, 2.05) is 6.07 Å². The molecule has 1 N–H and O–H groups in total. The Morgan fingerprint density at radius 3 is 2.56 bits per heavy atom. The van der Waals surface area contributed by atoms with Crippen molar-refractivity contribution in [2.75, 3.05) is 18.0 Å². The highest BCUT2D eigenvalue weighted by Crippen LogP contribution is 2.54. The molecule has 4 heteroatoms. The van der Waals surface area contributed by atoms with Gasteiger partial charge in [0.15, 0.2) is 0 Å². The molecule has 1 aromatic carbocycles. The smallest absolute Gasteiger partial charge is 0.335 e. The zero-order chi connectivity index (χ0) is 11.3. The van der Waals surface area contributed by atoms with Crippen LogP contribution >= 0.6 is 15.9 Å². The molecule has 1 aliphatic heterocycles. The summed E-state index contributed by atoms with van der Waals surface area (Å²) in [6.45, 7) is 2.17. The number of benzene rings is 1. The van der Waals surface area contributed by atoms with Crippen LogP contribution in [-0.2, 0) is 0 Å². The van der Waals surface area contributed by atoms with E-state index in [1.165, 1.54) is 12.8 Å². The van der Waals surface area contributed by atoms with Crippen molar-refractivity contribution in [3.8, 4) is 0 Å². The van der Waals surface area contributed by atoms with Gasteiger partial charge >= 0.3 is 5.97 Å². The molecule has 3 nitrogen and oxygen atoms in total. The number of halogens is 1. The molecule has 16 heavy (non-hydrogen) atoms. The predicted octanol–water partition coefficient (Wildman–Crippen LogP) is 2.75. The van der Waals surface area contributed by atoms with Gasteiger partial charge in [0.2, 0.25) is 0 Å². The number of hydrogen-bond donors (Lipinski definition) is 1. The lowest BCUT2D eigenvalue weighted by molar-refractivity contribution is 0.0697. The molecule has 0 atom stereocenters. The number of carbonyl (C=O) groups is 1. The summed E-state index contributed by atoms with van der Waals surface area (Å²) in [5, 5.41) is 8.98. The van der Waals surface area contributed by atoms with Crippen molar-refractivity contribution in [1.29, 1.82) is 0 Å². The van der Waals surface area contributed by atoms with Crippen LogP contribution in [0.5, 0.6) is 0 Å². The van der Waals surface area contributed by atoms with Gasteiger partial charge in [-0.1, -0.05) is 15.9 Å². The molecule has 0 bridgehead atoms. The number of nitrogens with zero attached hydrogens (tertiary/aromatic N) is 1. The molecule has 2 aliphatic rings. The largest absolute Gasteiger partial charge is 0.478 e. The predicted molar refractivity (Wildman–Crippen MR) is 65.0 cm³/mol. The maximum Gasteiger partial charge on any atom is 0.335 e. The lowest BCUT2D eigenvalue weighted by Crippen LogP contribution is -2.48. The second kappa shape index (κ2) is 3.23. The van der Waals surface area contributed by atoms with E-state index >= 15 is 0 Å². The van der Waals surface area contributed by atoms with Crippen molar-refractivity contribution >= 4 is 27.6 Å². The second-order valence-electron chi connectivity index (χ2n) is 4.86. The first-order valence-corrected chi connectivity index (χ1v) is 6.16. The molecule has 1 spiro atoms. The molecular formula is C12H12BrNO2. The standard InChI is InChI=1S/C12H12BrNO2/c13-9-3-8(11(15)16)4-10(5-9)14-6-12(7-14)1-2-12/h3-5H,1-2,6-7H2,(H,15,16). The van der Waals surface area contributed by atoms with Gasteiger partial charge in [0, 0.05) is 28.7 Å². The SMILES string of the molecule is O=C(O)c1cc(Br)cc(N2CC3(CC3)C2)c1. The lowest BCUT2D eigenvalue weighted by Gasteiger charge is -2.42. The summed E-state index contributed by atoms with van der Waals surface area (Å²) in [5.41, 5.74) is 1.96. The van der Waals surface area contributed by atoms with Gasteiger partial charge in [0.25, 0.3) is 0 Å². The molecule has 1 heterocycles. The Balaban J connectivity index is 1.86. The van der Waals surface area contributed by atoms with Crippen LogP contribution in [0.1, 0.15) is 23.2 Å². The Bertz CT molecular complexity index is 460. The van der Waals surface area contributed by atoms with Gasteiger partial charge < -0.3 is 10.0 Å². The van der Waals surface area contributed by atoms with E-state index < -0.39 is 5.97 Å². The van der Waals surface area contributed by atoms with Crippen molar-refractivity contribution in [3.05, 3.63) is 28.2 Å². The van der Waals surface area contributed by atoms with Gasteiger partial charge in [-0.2, -0.15) is 0 Å². The molecule has 84 valence electrons. The highest BCUT2D eigenvalue weighted by molar-refractivity contribution is 9.10. The van der Waals surface area contributed by atoms with Gasteiger partial charge in [-0.3, -0.25) is 0 Å². The summed E-state index contributed by atoms with van der Waals surface area (Å²) in [4.78, 5) is 13.2. The number of aromatic carboxylic acids is 1. The summed E-state index contributed by atoms with van der Waals surface area (Å²) >= 11 is 3.36. The summed E-state index contributed by atoms with van der Waals surface area (Å²) in [6.07, 6.45) is 2.67. The molecule has 0 aromatic heterocycles. The van der Waals surface area contributed by atoms with Gasteiger partial charge in [0.1, 0.15) is 0 Å². The van der Waals surface area contributed by atoms with Gasteiger partial charge in [-0.25, -0.2) is 4.79 Å². The molecule has 1 aromatic rings. The third-order valence-corrected chi connectivity index (χ3v) is 3.96. The molecular weight excluding hydrogens is 270 g/mol. The monoisotopic (exact) mass is 281 g/mol. The van der Waals surface area contributed by atoms with Gasteiger partial charge in [0.05, 0.1) is 5.56 Å². The third kappa shape index (κ3) is 1.61. The molecule has 1 saturated heterocycles. The van der Waals surface area contributed by atoms with Crippen LogP contribution in [0.25, 0.3) is 0 Å². The Morgan fingerprint density at radius 1 is 1.31 bits per heavy atom. The maximum atomic E-state index is 10.9. The molecule has 2 fully saturated rings. The van der Waals surface area contributed by atoms with Crippen LogP contribution < -0.4 is 4.90 Å². The van der Waals surface area contributed by atoms with Crippen molar-refractivity contribution in [1.82, 2.24) is 0 Å². The Hall–Kier alpha value is -1.03. The molecule has 0 amide bonds. The van der Waals surface area contributed by atoms with Gasteiger partial charge in [-0.05, 0) is 31.0 Å². The second-order valence-corrected chi connectivity index (χ2v) is 5.77. The van der Waals surface area contributed by atoms with E-state index in [1.54, 1.807) is 12.1 Å². The third-order valence-electron chi connectivity index (χ3n) is 3.50. The Morgan fingerprint density at radius 2 is 2.00 bits per heavy atom. The van der Waals surface area contributed by atoms with Crippen LogP contribution in [-0.4, -0.2) is 24.2 Å². The number of anilines is 1. The molecule has 0 radical (unpaired) electrons. The van der Waals surface area contributed by atoms with Crippen LogP contribution in [0.15, 0.2) is 22.7 Å². The highest BCUT2D eigenvalue weighted by atomic mass is 79.9. The number of carboxylic acids is 1. The Labute approximate surface area is 102 Å². The molecule has 1 aliphatic carbocycles. The van der Waals surface area contributed by atoms with E-state index in [2.05, 4.69) is 20.8 Å². The zero-order valence-corrected chi connectivity index (χ0v) is 10.3. The van der Waals surface area contributed by atoms with E-state index in [4.69, 9.17) is 5.11 Å². The zero-order valence-electron chi connectivity index (χ0n) is 8.74. The summed E-state index contributed by atoms with van der Waals surface area (Å²) in [5.74, 6) is -0.871.